The molecule has 0 radical (unpaired) electrons. The van der Waals surface area contributed by atoms with Crippen molar-refractivity contribution in [2.75, 3.05) is 13.1 Å². The summed E-state index contributed by atoms with van der Waals surface area (Å²) in [7, 11) is 0. The van der Waals surface area contributed by atoms with Gasteiger partial charge in [-0.1, -0.05) is 55.7 Å². The van der Waals surface area contributed by atoms with Crippen LogP contribution >= 0.6 is 0 Å². The van der Waals surface area contributed by atoms with E-state index in [0.29, 0.717) is 0 Å². The van der Waals surface area contributed by atoms with Gasteiger partial charge in [-0.3, -0.25) is 0 Å². The van der Waals surface area contributed by atoms with Crippen LogP contribution in [0.15, 0.2) is 72.5 Å². The number of hydrogen-bond acceptors (Lipinski definition) is 1. The Labute approximate surface area is 123 Å². The van der Waals surface area contributed by atoms with Gasteiger partial charge in [-0.2, -0.15) is 0 Å². The molecule has 2 aliphatic rings. The molecule has 0 unspecified atom stereocenters. The van der Waals surface area contributed by atoms with Crippen LogP contribution in [0.2, 0.25) is 0 Å². The quantitative estimate of drug-likeness (QED) is 0.638. The lowest BCUT2D eigenvalue weighted by atomic mass is 9.96. The normalized spacial score (nSPS) is 20.6. The summed E-state index contributed by atoms with van der Waals surface area (Å²) in [4.78, 5) is 2.53. The lowest BCUT2D eigenvalue weighted by Crippen LogP contribution is -2.29. The van der Waals surface area contributed by atoms with E-state index in [1.54, 1.807) is 5.70 Å². The van der Waals surface area contributed by atoms with E-state index in [-0.39, 0.29) is 0 Å². The lowest BCUT2D eigenvalue weighted by molar-refractivity contribution is 0.345. The number of allylic oxidation sites excluding steroid dienone is 8. The fourth-order valence-electron chi connectivity index (χ4n) is 2.87. The van der Waals surface area contributed by atoms with E-state index in [0.717, 1.165) is 19.5 Å². The van der Waals surface area contributed by atoms with Crippen molar-refractivity contribution < 1.29 is 0 Å². The Hall–Kier alpha value is -1.76. The van der Waals surface area contributed by atoms with Crippen molar-refractivity contribution in [1.29, 1.82) is 0 Å². The van der Waals surface area contributed by atoms with Gasteiger partial charge in [0, 0.05) is 18.8 Å². The van der Waals surface area contributed by atoms with Gasteiger partial charge in [-0.05, 0) is 43.3 Å². The summed E-state index contributed by atoms with van der Waals surface area (Å²) in [6, 6.07) is 0. The molecule has 0 atom stereocenters. The fraction of sp³-hybridized carbons (Fsp3) is 0.368. The van der Waals surface area contributed by atoms with Gasteiger partial charge >= 0.3 is 0 Å². The smallest absolute Gasteiger partial charge is 0.0362 e. The highest BCUT2D eigenvalue weighted by molar-refractivity contribution is 5.43. The van der Waals surface area contributed by atoms with E-state index in [2.05, 4.69) is 42.4 Å². The van der Waals surface area contributed by atoms with Crippen molar-refractivity contribution in [3.8, 4) is 0 Å². The average molecular weight is 267 g/mol. The van der Waals surface area contributed by atoms with E-state index >= 15 is 0 Å². The van der Waals surface area contributed by atoms with Gasteiger partial charge in [0.25, 0.3) is 0 Å². The molecule has 20 heavy (non-hydrogen) atoms. The zero-order valence-corrected chi connectivity index (χ0v) is 12.4. The molecular formula is C19H25N. The van der Waals surface area contributed by atoms with Crippen molar-refractivity contribution in [3.63, 3.8) is 0 Å². The molecule has 0 fully saturated rings. The zero-order valence-electron chi connectivity index (χ0n) is 12.4. The third-order valence-electron chi connectivity index (χ3n) is 3.96. The highest BCUT2D eigenvalue weighted by Crippen LogP contribution is 2.26. The van der Waals surface area contributed by atoms with Gasteiger partial charge in [0.1, 0.15) is 0 Å². The van der Waals surface area contributed by atoms with Crippen LogP contribution in [0.1, 0.15) is 32.1 Å². The highest BCUT2D eigenvalue weighted by atomic mass is 15.1. The first-order valence-electron chi connectivity index (χ1n) is 7.60. The number of hydrogen-bond donors (Lipinski definition) is 0. The molecule has 0 spiro atoms. The van der Waals surface area contributed by atoms with E-state index in [4.69, 9.17) is 0 Å². The maximum atomic E-state index is 3.81. The Morgan fingerprint density at radius 2 is 2.00 bits per heavy atom. The molecule has 0 saturated heterocycles. The van der Waals surface area contributed by atoms with Crippen LogP contribution in [0, 0.1) is 0 Å². The molecule has 0 amide bonds. The van der Waals surface area contributed by atoms with Crippen LogP contribution in [0.3, 0.4) is 0 Å². The molecule has 106 valence electrons. The largest absolute Gasteiger partial charge is 0.371 e. The maximum absolute atomic E-state index is 3.81. The molecule has 2 rings (SSSR count). The van der Waals surface area contributed by atoms with Crippen molar-refractivity contribution >= 4 is 0 Å². The summed E-state index contributed by atoms with van der Waals surface area (Å²) in [5.41, 5.74) is 4.25. The maximum Gasteiger partial charge on any atom is 0.0362 e. The van der Waals surface area contributed by atoms with Gasteiger partial charge in [0.2, 0.25) is 0 Å². The molecule has 1 aliphatic carbocycles. The Bertz CT molecular complexity index is 474. The van der Waals surface area contributed by atoms with E-state index < -0.39 is 0 Å². The minimum atomic E-state index is 1.04. The second-order valence-corrected chi connectivity index (χ2v) is 5.32. The Balaban J connectivity index is 2.05. The summed E-state index contributed by atoms with van der Waals surface area (Å²) < 4.78 is 0. The third kappa shape index (κ3) is 3.86. The van der Waals surface area contributed by atoms with E-state index in [1.807, 2.05) is 18.2 Å². The number of nitrogens with zero attached hydrogens (tertiary/aromatic N) is 1. The van der Waals surface area contributed by atoms with Crippen LogP contribution < -0.4 is 0 Å². The summed E-state index contributed by atoms with van der Waals surface area (Å²) in [6.45, 7) is 9.72. The van der Waals surface area contributed by atoms with Gasteiger partial charge in [-0.15, -0.1) is 0 Å². The Morgan fingerprint density at radius 1 is 1.10 bits per heavy atom. The molecule has 1 nitrogen and oxygen atoms in total. The first-order chi connectivity index (χ1) is 9.85. The second-order valence-electron chi connectivity index (χ2n) is 5.32. The lowest BCUT2D eigenvalue weighted by Gasteiger charge is -2.32. The number of rotatable bonds is 5. The summed E-state index contributed by atoms with van der Waals surface area (Å²) in [5.74, 6) is 0. The monoisotopic (exact) mass is 267 g/mol. The van der Waals surface area contributed by atoms with Crippen molar-refractivity contribution in [3.05, 3.63) is 72.5 Å². The van der Waals surface area contributed by atoms with Gasteiger partial charge in [0.15, 0.2) is 0 Å². The van der Waals surface area contributed by atoms with Crippen LogP contribution in [0.5, 0.6) is 0 Å². The molecule has 0 saturated carbocycles. The fourth-order valence-corrected chi connectivity index (χ4v) is 2.87. The molecule has 1 aliphatic heterocycles. The van der Waals surface area contributed by atoms with Crippen molar-refractivity contribution in [2.24, 2.45) is 0 Å². The second kappa shape index (κ2) is 7.74. The summed E-state index contributed by atoms with van der Waals surface area (Å²) in [5, 5.41) is 0. The summed E-state index contributed by atoms with van der Waals surface area (Å²) in [6.07, 6.45) is 21.0. The SMILES string of the molecule is C=C/C=C\C(=C/C=C)C1=CCN(C2=CCCCC2)CC1. The molecule has 1 heterocycles. The molecule has 0 N–H and O–H groups in total. The predicted octanol–water partition coefficient (Wildman–Crippen LogP) is 4.93. The molecule has 1 heteroatoms. The molecule has 0 bridgehead atoms. The average Bonchev–Trinajstić information content (AvgIpc) is 2.52. The van der Waals surface area contributed by atoms with Gasteiger partial charge in [0.05, 0.1) is 0 Å². The standard InChI is InChI=1S/C19H25N/c1-3-5-10-17(9-4-2)18-13-15-20(16-14-18)19-11-7-6-8-12-19/h3-5,9-11,13H,1-2,6-8,12,14-16H2/b10-5-,17-9+. The summed E-state index contributed by atoms with van der Waals surface area (Å²) >= 11 is 0. The Morgan fingerprint density at radius 3 is 2.60 bits per heavy atom. The first-order valence-corrected chi connectivity index (χ1v) is 7.60. The van der Waals surface area contributed by atoms with Crippen LogP contribution in [0.25, 0.3) is 0 Å². The van der Waals surface area contributed by atoms with Crippen molar-refractivity contribution in [2.45, 2.75) is 32.1 Å². The third-order valence-corrected chi connectivity index (χ3v) is 3.96. The van der Waals surface area contributed by atoms with E-state index in [9.17, 15) is 0 Å². The zero-order chi connectivity index (χ0) is 14.2. The van der Waals surface area contributed by atoms with E-state index in [1.165, 1.54) is 36.8 Å². The molecule has 0 aromatic carbocycles. The first kappa shape index (κ1) is 14.6. The minimum absolute atomic E-state index is 1.04. The molecule has 0 aromatic rings. The highest BCUT2D eigenvalue weighted by Gasteiger charge is 2.16. The Kier molecular flexibility index (Phi) is 5.67. The predicted molar refractivity (Wildman–Crippen MR) is 88.4 cm³/mol. The van der Waals surface area contributed by atoms with Crippen LogP contribution in [-0.4, -0.2) is 18.0 Å². The van der Waals surface area contributed by atoms with Crippen LogP contribution in [-0.2, 0) is 0 Å². The minimum Gasteiger partial charge on any atom is -0.371 e. The van der Waals surface area contributed by atoms with Gasteiger partial charge in [-0.25, -0.2) is 0 Å². The molecular weight excluding hydrogens is 242 g/mol. The molecule has 0 aromatic heterocycles. The van der Waals surface area contributed by atoms with Crippen molar-refractivity contribution in [1.82, 2.24) is 4.90 Å². The topological polar surface area (TPSA) is 3.24 Å². The van der Waals surface area contributed by atoms with Crippen LogP contribution in [0.4, 0.5) is 0 Å². The van der Waals surface area contributed by atoms with Gasteiger partial charge < -0.3 is 4.90 Å².